The van der Waals surface area contributed by atoms with Gasteiger partial charge in [0.1, 0.15) is 11.2 Å². The Morgan fingerprint density at radius 3 is 1.46 bits per heavy atom. The van der Waals surface area contributed by atoms with Crippen molar-refractivity contribution in [1.82, 2.24) is 4.57 Å². The molecule has 2 aromatic heterocycles. The minimum absolute atomic E-state index is 0.885. The predicted octanol–water partition coefficient (Wildman–Crippen LogP) is 18.5. The van der Waals surface area contributed by atoms with Gasteiger partial charge in [0, 0.05) is 44.3 Å². The van der Waals surface area contributed by atoms with Gasteiger partial charge in [0.05, 0.1) is 11.0 Å². The summed E-state index contributed by atoms with van der Waals surface area (Å²) in [6, 6.07) is 96.1. The van der Waals surface area contributed by atoms with Crippen molar-refractivity contribution in [2.75, 3.05) is 4.90 Å². The monoisotopic (exact) mass is 880 g/mol. The van der Waals surface area contributed by atoms with Crippen molar-refractivity contribution >= 4 is 60.8 Å². The molecule has 13 aromatic rings. The third-order valence-electron chi connectivity index (χ3n) is 13.6. The number of hydrogen-bond acceptors (Lipinski definition) is 2. The first-order chi connectivity index (χ1) is 34.2. The van der Waals surface area contributed by atoms with Crippen LogP contribution in [0.1, 0.15) is 0 Å². The van der Waals surface area contributed by atoms with E-state index in [1.807, 2.05) is 12.1 Å². The fraction of sp³-hybridized carbons (Fsp3) is 0. The molecule has 0 amide bonds. The molecule has 0 aliphatic heterocycles. The Balaban J connectivity index is 0.884. The third-order valence-corrected chi connectivity index (χ3v) is 13.6. The average Bonchev–Trinajstić information content (AvgIpc) is 3.97. The maximum absolute atomic E-state index is 6.34. The van der Waals surface area contributed by atoms with Gasteiger partial charge in [-0.05, 0) is 141 Å². The molecular formula is C66H44N2O. The topological polar surface area (TPSA) is 21.3 Å². The summed E-state index contributed by atoms with van der Waals surface area (Å²) in [5.41, 5.74) is 20.1. The van der Waals surface area contributed by atoms with Gasteiger partial charge in [0.2, 0.25) is 0 Å². The first-order valence-corrected chi connectivity index (χ1v) is 23.6. The summed E-state index contributed by atoms with van der Waals surface area (Å²) >= 11 is 0. The SMILES string of the molecule is c1ccc(-c2ccccc2-c2cccc(N(c3ccc(-c4cccc(-c5cccc(-n6c7ccccc7c7ccccc76)c5)c4)cc3)c3cccc(-c4ccc5c(c4)oc4ccccc45)c3)c2)cc1. The van der Waals surface area contributed by atoms with Gasteiger partial charge in [0.15, 0.2) is 0 Å². The molecule has 0 bridgehead atoms. The van der Waals surface area contributed by atoms with E-state index in [1.54, 1.807) is 0 Å². The van der Waals surface area contributed by atoms with Crippen LogP contribution < -0.4 is 4.90 Å². The number of fused-ring (bicyclic) bond motifs is 6. The van der Waals surface area contributed by atoms with Gasteiger partial charge in [-0.25, -0.2) is 0 Å². The normalized spacial score (nSPS) is 11.5. The van der Waals surface area contributed by atoms with E-state index in [2.05, 4.69) is 264 Å². The Bertz CT molecular complexity index is 3970. The van der Waals surface area contributed by atoms with Crippen LogP contribution in [-0.4, -0.2) is 4.57 Å². The van der Waals surface area contributed by atoms with Crippen LogP contribution in [0.25, 0.3) is 105 Å². The highest BCUT2D eigenvalue weighted by Crippen LogP contribution is 2.42. The molecule has 11 aromatic carbocycles. The zero-order valence-electron chi connectivity index (χ0n) is 37.7. The standard InChI is InChI=1S/C66H44N2O/c1-2-16-46(17-3-1)57-26-4-5-27-58(57)52-22-15-24-55(43-52)67(54-23-13-21-50(41-54)51-36-39-62-61-30-8-11-33-65(61)69-66(62)44-51)53-37-34-45(35-38-53)47-18-12-19-48(40-47)49-20-14-25-56(42-49)68-63-31-9-6-28-59(63)60-29-7-10-32-64(60)68/h1-44H. The van der Waals surface area contributed by atoms with Crippen LogP contribution >= 0.6 is 0 Å². The number of rotatable bonds is 9. The second-order valence-electron chi connectivity index (χ2n) is 17.7. The summed E-state index contributed by atoms with van der Waals surface area (Å²) in [5.74, 6) is 0. The number of hydrogen-bond donors (Lipinski definition) is 0. The van der Waals surface area contributed by atoms with Crippen LogP contribution in [0.2, 0.25) is 0 Å². The van der Waals surface area contributed by atoms with Gasteiger partial charge in [-0.2, -0.15) is 0 Å². The molecule has 0 N–H and O–H groups in total. The number of para-hydroxylation sites is 3. The molecule has 0 fully saturated rings. The molecule has 3 heteroatoms. The van der Waals surface area contributed by atoms with E-state index >= 15 is 0 Å². The highest BCUT2D eigenvalue weighted by atomic mass is 16.3. The first-order valence-electron chi connectivity index (χ1n) is 23.6. The van der Waals surface area contributed by atoms with E-state index in [0.717, 1.165) is 72.5 Å². The minimum Gasteiger partial charge on any atom is -0.456 e. The molecule has 0 aliphatic rings. The lowest BCUT2D eigenvalue weighted by Gasteiger charge is -2.27. The van der Waals surface area contributed by atoms with Crippen LogP contribution in [0, 0.1) is 0 Å². The Morgan fingerprint density at radius 1 is 0.261 bits per heavy atom. The van der Waals surface area contributed by atoms with Crippen molar-refractivity contribution in [3.8, 4) is 61.3 Å². The molecular weight excluding hydrogens is 837 g/mol. The lowest BCUT2D eigenvalue weighted by Crippen LogP contribution is -2.10. The van der Waals surface area contributed by atoms with Crippen molar-refractivity contribution in [3.63, 3.8) is 0 Å². The van der Waals surface area contributed by atoms with Crippen molar-refractivity contribution < 1.29 is 4.42 Å². The molecule has 2 heterocycles. The van der Waals surface area contributed by atoms with Gasteiger partial charge in [-0.3, -0.25) is 0 Å². The number of aromatic nitrogens is 1. The minimum atomic E-state index is 0.885. The second-order valence-corrected chi connectivity index (χ2v) is 17.7. The Morgan fingerprint density at radius 2 is 0.739 bits per heavy atom. The third kappa shape index (κ3) is 7.25. The number of furan rings is 1. The summed E-state index contributed by atoms with van der Waals surface area (Å²) in [4.78, 5) is 2.37. The quantitative estimate of drug-likeness (QED) is 0.144. The van der Waals surface area contributed by atoms with E-state index in [4.69, 9.17) is 4.42 Å². The molecule has 0 saturated carbocycles. The van der Waals surface area contributed by atoms with Crippen LogP contribution in [0.4, 0.5) is 17.1 Å². The molecule has 3 nitrogen and oxygen atoms in total. The smallest absolute Gasteiger partial charge is 0.136 e. The average molecular weight is 881 g/mol. The summed E-state index contributed by atoms with van der Waals surface area (Å²) in [5, 5.41) is 4.78. The Hall–Kier alpha value is -9.18. The molecule has 0 unspecified atom stereocenters. The largest absolute Gasteiger partial charge is 0.456 e. The van der Waals surface area contributed by atoms with Crippen molar-refractivity contribution in [2.24, 2.45) is 0 Å². The first kappa shape index (κ1) is 40.1. The molecule has 0 saturated heterocycles. The highest BCUT2D eigenvalue weighted by Gasteiger charge is 2.18. The van der Waals surface area contributed by atoms with Gasteiger partial charge >= 0.3 is 0 Å². The lowest BCUT2D eigenvalue weighted by molar-refractivity contribution is 0.669. The second kappa shape index (κ2) is 16.9. The van der Waals surface area contributed by atoms with E-state index in [9.17, 15) is 0 Å². The molecule has 69 heavy (non-hydrogen) atoms. The van der Waals surface area contributed by atoms with Crippen molar-refractivity contribution in [3.05, 3.63) is 267 Å². The molecule has 0 aliphatic carbocycles. The van der Waals surface area contributed by atoms with Gasteiger partial charge < -0.3 is 13.9 Å². The van der Waals surface area contributed by atoms with E-state index in [0.29, 0.717) is 0 Å². The molecule has 0 radical (unpaired) electrons. The lowest BCUT2D eigenvalue weighted by atomic mass is 9.94. The van der Waals surface area contributed by atoms with E-state index in [1.165, 1.54) is 49.6 Å². The van der Waals surface area contributed by atoms with E-state index < -0.39 is 0 Å². The van der Waals surface area contributed by atoms with Crippen molar-refractivity contribution in [1.29, 1.82) is 0 Å². The van der Waals surface area contributed by atoms with Crippen LogP contribution in [-0.2, 0) is 0 Å². The maximum Gasteiger partial charge on any atom is 0.136 e. The van der Waals surface area contributed by atoms with Crippen LogP contribution in [0.3, 0.4) is 0 Å². The fourth-order valence-electron chi connectivity index (χ4n) is 10.3. The zero-order chi connectivity index (χ0) is 45.7. The summed E-state index contributed by atoms with van der Waals surface area (Å²) < 4.78 is 8.73. The number of anilines is 3. The number of benzene rings is 11. The molecule has 0 atom stereocenters. The fourth-order valence-corrected chi connectivity index (χ4v) is 10.3. The van der Waals surface area contributed by atoms with Crippen LogP contribution in [0.15, 0.2) is 271 Å². The van der Waals surface area contributed by atoms with Gasteiger partial charge in [-0.15, -0.1) is 0 Å². The number of nitrogens with zero attached hydrogens (tertiary/aromatic N) is 2. The predicted molar refractivity (Wildman–Crippen MR) is 290 cm³/mol. The zero-order valence-corrected chi connectivity index (χ0v) is 37.7. The van der Waals surface area contributed by atoms with Gasteiger partial charge in [-0.1, -0.05) is 182 Å². The summed E-state index contributed by atoms with van der Waals surface area (Å²) in [6.07, 6.45) is 0. The van der Waals surface area contributed by atoms with E-state index in [-0.39, 0.29) is 0 Å². The summed E-state index contributed by atoms with van der Waals surface area (Å²) in [6.45, 7) is 0. The Kier molecular flexibility index (Phi) is 9.84. The summed E-state index contributed by atoms with van der Waals surface area (Å²) in [7, 11) is 0. The molecule has 13 rings (SSSR count). The van der Waals surface area contributed by atoms with Crippen molar-refractivity contribution in [2.45, 2.75) is 0 Å². The molecule has 0 spiro atoms. The maximum atomic E-state index is 6.34. The molecule has 324 valence electrons. The Labute approximate surface area is 401 Å². The highest BCUT2D eigenvalue weighted by molar-refractivity contribution is 6.09. The van der Waals surface area contributed by atoms with Crippen LogP contribution in [0.5, 0.6) is 0 Å². The van der Waals surface area contributed by atoms with Gasteiger partial charge in [0.25, 0.3) is 0 Å².